The van der Waals surface area contributed by atoms with Crippen molar-refractivity contribution in [2.45, 2.75) is 0 Å². The summed E-state index contributed by atoms with van der Waals surface area (Å²) in [7, 11) is 3.72. The Bertz CT molecular complexity index is 26.5. The average molecular weight is 381 g/mol. The Hall–Kier alpha value is 4.63. The quantitative estimate of drug-likeness (QED) is 0.320. The summed E-state index contributed by atoms with van der Waals surface area (Å²) in [5.74, 6) is 0. The van der Waals surface area contributed by atoms with Crippen molar-refractivity contribution < 1.29 is 60.2 Å². The van der Waals surface area contributed by atoms with E-state index in [2.05, 4.69) is 15.7 Å². The summed E-state index contributed by atoms with van der Waals surface area (Å²) in [5.41, 5.74) is 0. The largest absolute Gasteiger partial charge is 2.00 e. The first-order chi connectivity index (χ1) is 1.41. The fourth-order valence-electron chi connectivity index (χ4n) is 0. The van der Waals surface area contributed by atoms with E-state index in [9.17, 15) is 0 Å². The van der Waals surface area contributed by atoms with Gasteiger partial charge in [-0.2, -0.15) is 9.12 Å². The molecule has 0 fully saturated rings. The molecule has 0 aromatic carbocycles. The average Bonchev–Trinajstić information content (AvgIpc) is 0.918. The molecule has 0 aliphatic heterocycles. The van der Waals surface area contributed by atoms with Crippen molar-refractivity contribution in [3.63, 3.8) is 0 Å². The molecule has 7 heavy (non-hydrogen) atoms. The molecule has 0 amide bonds. The van der Waals surface area contributed by atoms with Gasteiger partial charge in [-0.25, -0.2) is 0 Å². The summed E-state index contributed by atoms with van der Waals surface area (Å²) in [6.45, 7) is 2.06. The van der Waals surface area contributed by atoms with E-state index in [1.165, 1.54) is 10.1 Å². The molecule has 0 N–H and O–H groups in total. The topological polar surface area (TPSA) is 0 Å². The molecular formula is H10AlBLaPSiSrTi. The van der Waals surface area contributed by atoms with Crippen LogP contribution in [-0.2, 0) is 21.7 Å². The van der Waals surface area contributed by atoms with E-state index in [-0.39, 0.29) is 123 Å². The zero-order valence-corrected chi connectivity index (χ0v) is 15.8. The smallest absolute Gasteiger partial charge is 1.00 e. The van der Waals surface area contributed by atoms with Gasteiger partial charge in [0.05, 0.1) is 0 Å². The van der Waals surface area contributed by atoms with E-state index in [0.717, 1.165) is 0 Å². The first-order valence-corrected chi connectivity index (χ1v) is 2.73. The maximum Gasteiger partial charge on any atom is 2.00 e. The Morgan fingerprint density at radius 2 is 1.57 bits per heavy atom. The fourth-order valence-corrected chi connectivity index (χ4v) is 0. The van der Waals surface area contributed by atoms with Gasteiger partial charge in [0.25, 0.3) is 0 Å². The van der Waals surface area contributed by atoms with E-state index in [0.29, 0.717) is 0 Å². The fraction of sp³-hybridized carbons (Fsp3) is 0. The third kappa shape index (κ3) is 36.9. The minimum atomic E-state index is 0. The van der Waals surface area contributed by atoms with Gasteiger partial charge in [0.15, 0.2) is 17.4 Å². The van der Waals surface area contributed by atoms with E-state index < -0.39 is 0 Å². The molecule has 0 heterocycles. The molecule has 34 valence electrons. The van der Waals surface area contributed by atoms with E-state index in [1.54, 1.807) is 0 Å². The molecule has 0 aromatic rings. The van der Waals surface area contributed by atoms with Crippen molar-refractivity contribution in [2.24, 2.45) is 0 Å². The monoisotopic (exact) mass is 382 g/mol. The number of rotatable bonds is 0. The SMILES string of the molecule is [AlH3].[H-].[H-].[La].[SiH3][B]P.[Sr+2].[Ti]. The first kappa shape index (κ1) is 29.9. The van der Waals surface area contributed by atoms with Gasteiger partial charge in [-0.1, -0.05) is 0 Å². The summed E-state index contributed by atoms with van der Waals surface area (Å²) in [4.78, 5) is 0. The van der Waals surface area contributed by atoms with Crippen LogP contribution < -0.4 is 0 Å². The summed E-state index contributed by atoms with van der Waals surface area (Å²) >= 11 is 0. The van der Waals surface area contributed by atoms with Crippen LogP contribution in [0.1, 0.15) is 2.85 Å². The van der Waals surface area contributed by atoms with Gasteiger partial charge in [-0.05, 0) is 10.1 Å². The van der Waals surface area contributed by atoms with Gasteiger partial charge in [0, 0.05) is 57.3 Å². The molecule has 0 rings (SSSR count). The van der Waals surface area contributed by atoms with Crippen molar-refractivity contribution in [2.75, 3.05) is 0 Å². The Labute approximate surface area is 145 Å². The maximum atomic E-state index is 2.52. The summed E-state index contributed by atoms with van der Waals surface area (Å²) in [6, 6.07) is 0. The number of hydrogen-bond acceptors (Lipinski definition) is 0. The Morgan fingerprint density at radius 3 is 1.57 bits per heavy atom. The van der Waals surface area contributed by atoms with E-state index in [4.69, 9.17) is 0 Å². The van der Waals surface area contributed by atoms with Gasteiger partial charge in [0.1, 0.15) is 6.59 Å². The molecule has 0 bridgehead atoms. The second-order valence-corrected chi connectivity index (χ2v) is 3.00. The van der Waals surface area contributed by atoms with Crippen LogP contribution in [0.5, 0.6) is 0 Å². The van der Waals surface area contributed by atoms with Crippen LogP contribution in [0.3, 0.4) is 0 Å². The van der Waals surface area contributed by atoms with E-state index >= 15 is 0 Å². The first-order valence-electron chi connectivity index (χ1n) is 0.911. The molecule has 7 heteroatoms. The van der Waals surface area contributed by atoms with Crippen LogP contribution in [0, 0.1) is 35.6 Å². The van der Waals surface area contributed by atoms with Crippen molar-refractivity contribution in [1.29, 1.82) is 0 Å². The molecule has 0 aliphatic carbocycles. The van der Waals surface area contributed by atoms with Gasteiger partial charge >= 0.3 is 45.5 Å². The van der Waals surface area contributed by atoms with Crippen molar-refractivity contribution in [1.82, 2.24) is 0 Å². The maximum absolute atomic E-state index is 2.52. The second kappa shape index (κ2) is 31.1. The third-order valence-electron chi connectivity index (χ3n) is 0. The van der Waals surface area contributed by atoms with Crippen LogP contribution in [0.15, 0.2) is 0 Å². The van der Waals surface area contributed by atoms with Gasteiger partial charge in [0.2, 0.25) is 0 Å². The van der Waals surface area contributed by atoms with Crippen molar-refractivity contribution >= 4 is 88.7 Å². The standard InChI is InChI=1S/Al.BH5PSi.La.Sr.Ti.5H/c;2-1-3;;;;;;;;/h;2H2,3H3;;;;;;;;/q;;;+2;;;;;2*-1. The van der Waals surface area contributed by atoms with Crippen LogP contribution in [0.2, 0.25) is 0 Å². The minimum Gasteiger partial charge on any atom is -1.00 e. The molecule has 0 nitrogen and oxygen atoms in total. The van der Waals surface area contributed by atoms with Gasteiger partial charge in [-0.3, -0.25) is 0 Å². The number of hydrogen-bond donors (Lipinski definition) is 0. The molecule has 1 unspecified atom stereocenters. The second-order valence-electron chi connectivity index (χ2n) is 0.333. The third-order valence-corrected chi connectivity index (χ3v) is 0. The van der Waals surface area contributed by atoms with E-state index in [1.807, 2.05) is 0 Å². The molecule has 0 saturated carbocycles. The molecule has 1 atom stereocenters. The normalized spacial score (nSPS) is 2.43. The zero-order chi connectivity index (χ0) is 2.71. The Balaban J connectivity index is -0.00000000133. The Kier molecular flexibility index (Phi) is 133. The van der Waals surface area contributed by atoms with Gasteiger partial charge in [-0.15, -0.1) is 0 Å². The molecule has 2 radical (unpaired) electrons. The summed E-state index contributed by atoms with van der Waals surface area (Å²) < 4.78 is 0. The zero-order valence-electron chi connectivity index (χ0n) is 5.94. The van der Waals surface area contributed by atoms with Crippen LogP contribution in [0.25, 0.3) is 0 Å². The van der Waals surface area contributed by atoms with Crippen molar-refractivity contribution in [3.05, 3.63) is 0 Å². The molecule has 0 aliphatic rings. The van der Waals surface area contributed by atoms with Gasteiger partial charge < -0.3 is 2.85 Å². The molecule has 0 saturated heterocycles. The van der Waals surface area contributed by atoms with Crippen LogP contribution in [-0.4, -0.2) is 79.5 Å². The Morgan fingerprint density at radius 1 is 1.57 bits per heavy atom. The minimum absolute atomic E-state index is 0. The predicted molar refractivity (Wildman–Crippen MR) is 43.3 cm³/mol. The van der Waals surface area contributed by atoms with Crippen molar-refractivity contribution in [3.8, 4) is 0 Å². The molecule has 0 aromatic heterocycles. The van der Waals surface area contributed by atoms with Crippen LogP contribution in [0.4, 0.5) is 0 Å². The molecular weight excluding hydrogens is 371 g/mol. The predicted octanol–water partition coefficient (Wildman–Crippen LogP) is -2.58. The van der Waals surface area contributed by atoms with Crippen LogP contribution >= 0.6 is 9.12 Å². The summed E-state index contributed by atoms with van der Waals surface area (Å²) in [5, 5.41) is 0. The summed E-state index contributed by atoms with van der Waals surface area (Å²) in [6.07, 6.45) is 0. The molecule has 0 spiro atoms.